The zero-order valence-electron chi connectivity index (χ0n) is 8.66. The lowest BCUT2D eigenvalue weighted by Gasteiger charge is -2.09. The summed E-state index contributed by atoms with van der Waals surface area (Å²) in [6.45, 7) is 9.46. The van der Waals surface area contributed by atoms with Crippen LogP contribution in [0.1, 0.15) is 26.2 Å². The van der Waals surface area contributed by atoms with Gasteiger partial charge in [-0.05, 0) is 6.42 Å². The van der Waals surface area contributed by atoms with Crippen molar-refractivity contribution in [1.82, 2.24) is 0 Å². The quantitative estimate of drug-likeness (QED) is 0.385. The van der Waals surface area contributed by atoms with Crippen LogP contribution in [0.2, 0.25) is 0 Å². The Balaban J connectivity index is 3.75. The van der Waals surface area contributed by atoms with Crippen LogP contribution in [0.15, 0.2) is 24.8 Å². The van der Waals surface area contributed by atoms with Gasteiger partial charge in [0.05, 0.1) is 6.61 Å². The molecule has 0 aromatic carbocycles. The van der Waals surface area contributed by atoms with Crippen LogP contribution in [0.3, 0.4) is 0 Å². The topological polar surface area (TPSA) is 46.5 Å². The van der Waals surface area contributed by atoms with E-state index in [1.54, 1.807) is 0 Å². The van der Waals surface area contributed by atoms with Gasteiger partial charge in [0.2, 0.25) is 0 Å². The number of ether oxygens (including phenoxy) is 1. The number of rotatable bonds is 7. The third-order valence-corrected chi connectivity index (χ3v) is 1.76. The highest BCUT2D eigenvalue weighted by molar-refractivity contribution is 5.74. The van der Waals surface area contributed by atoms with E-state index >= 15 is 0 Å². The van der Waals surface area contributed by atoms with Gasteiger partial charge >= 0.3 is 5.97 Å². The molecule has 1 N–H and O–H groups in total. The molecule has 0 rings (SSSR count). The maximum Gasteiger partial charge on any atom is 0.335 e. The third-order valence-electron chi connectivity index (χ3n) is 1.76. The molecule has 14 heavy (non-hydrogen) atoms. The molecule has 0 saturated carbocycles. The van der Waals surface area contributed by atoms with E-state index < -0.39 is 12.1 Å². The van der Waals surface area contributed by atoms with Crippen LogP contribution < -0.4 is 0 Å². The highest BCUT2D eigenvalue weighted by Crippen LogP contribution is 2.05. The molecular formula is C11H18O3. The summed E-state index contributed by atoms with van der Waals surface area (Å²) in [5.74, 6) is -0.582. The molecule has 1 unspecified atom stereocenters. The van der Waals surface area contributed by atoms with Gasteiger partial charge in [-0.15, -0.1) is 0 Å². The van der Waals surface area contributed by atoms with Crippen LogP contribution in [0.25, 0.3) is 0 Å². The van der Waals surface area contributed by atoms with Crippen molar-refractivity contribution in [3.8, 4) is 0 Å². The Labute approximate surface area is 85.1 Å². The molecule has 0 spiro atoms. The van der Waals surface area contributed by atoms with Gasteiger partial charge in [-0.3, -0.25) is 0 Å². The van der Waals surface area contributed by atoms with Gasteiger partial charge in [0, 0.05) is 6.42 Å². The predicted molar refractivity (Wildman–Crippen MR) is 55.8 cm³/mol. The standard InChI is InChI=1S/C11H18O3/c1-4-6-7-14-11(13)10(12)8-9(3)5-2/h5,10,12H,2-4,6-8H2,1H3. The minimum atomic E-state index is -1.11. The van der Waals surface area contributed by atoms with Crippen LogP contribution in [-0.2, 0) is 9.53 Å². The summed E-state index contributed by atoms with van der Waals surface area (Å²) in [6.07, 6.45) is 2.37. The number of allylic oxidation sites excluding steroid dienone is 1. The number of hydrogen-bond donors (Lipinski definition) is 1. The molecule has 0 aliphatic heterocycles. The molecular weight excluding hydrogens is 180 g/mol. The van der Waals surface area contributed by atoms with Crippen molar-refractivity contribution < 1.29 is 14.6 Å². The Morgan fingerprint density at radius 2 is 2.29 bits per heavy atom. The second kappa shape index (κ2) is 7.33. The molecule has 1 atom stereocenters. The Kier molecular flexibility index (Phi) is 6.76. The van der Waals surface area contributed by atoms with Gasteiger partial charge < -0.3 is 9.84 Å². The minimum absolute atomic E-state index is 0.189. The average molecular weight is 198 g/mol. The largest absolute Gasteiger partial charge is 0.464 e. The van der Waals surface area contributed by atoms with Gasteiger partial charge in [-0.1, -0.05) is 38.2 Å². The van der Waals surface area contributed by atoms with Gasteiger partial charge in [-0.2, -0.15) is 0 Å². The predicted octanol–water partition coefficient (Wildman–Crippen LogP) is 1.82. The van der Waals surface area contributed by atoms with E-state index in [9.17, 15) is 9.90 Å². The SMILES string of the molecule is C=CC(=C)CC(O)C(=O)OCCCC. The van der Waals surface area contributed by atoms with Crippen molar-refractivity contribution in [3.63, 3.8) is 0 Å². The molecule has 3 heteroatoms. The van der Waals surface area contributed by atoms with Crippen LogP contribution in [-0.4, -0.2) is 23.8 Å². The van der Waals surface area contributed by atoms with Crippen molar-refractivity contribution >= 4 is 5.97 Å². The molecule has 0 heterocycles. The first-order valence-corrected chi connectivity index (χ1v) is 4.76. The molecule has 3 nitrogen and oxygen atoms in total. The second-order valence-corrected chi connectivity index (χ2v) is 3.10. The zero-order valence-corrected chi connectivity index (χ0v) is 8.66. The summed E-state index contributed by atoms with van der Waals surface area (Å²) in [5, 5.41) is 9.34. The Morgan fingerprint density at radius 3 is 2.79 bits per heavy atom. The van der Waals surface area contributed by atoms with Crippen molar-refractivity contribution in [2.75, 3.05) is 6.61 Å². The van der Waals surface area contributed by atoms with E-state index in [1.165, 1.54) is 6.08 Å². The second-order valence-electron chi connectivity index (χ2n) is 3.10. The first-order valence-electron chi connectivity index (χ1n) is 4.76. The molecule has 0 amide bonds. The molecule has 0 aliphatic carbocycles. The minimum Gasteiger partial charge on any atom is -0.464 e. The number of carbonyl (C=O) groups is 1. The smallest absolute Gasteiger partial charge is 0.335 e. The highest BCUT2D eigenvalue weighted by Gasteiger charge is 2.16. The fraction of sp³-hybridized carbons (Fsp3) is 0.545. The molecule has 0 aromatic heterocycles. The summed E-state index contributed by atoms with van der Waals surface area (Å²) in [6, 6.07) is 0. The van der Waals surface area contributed by atoms with E-state index in [2.05, 4.69) is 13.2 Å². The van der Waals surface area contributed by atoms with Crippen molar-refractivity contribution in [2.45, 2.75) is 32.3 Å². The number of unbranched alkanes of at least 4 members (excludes halogenated alkanes) is 1. The zero-order chi connectivity index (χ0) is 11.0. The van der Waals surface area contributed by atoms with Crippen molar-refractivity contribution in [2.24, 2.45) is 0 Å². The summed E-state index contributed by atoms with van der Waals surface area (Å²) in [4.78, 5) is 11.1. The molecule has 0 aliphatic rings. The fourth-order valence-corrected chi connectivity index (χ4v) is 0.828. The molecule has 0 saturated heterocycles. The van der Waals surface area contributed by atoms with Gasteiger partial charge in [0.25, 0.3) is 0 Å². The first kappa shape index (κ1) is 12.9. The molecule has 0 aromatic rings. The van der Waals surface area contributed by atoms with Crippen LogP contribution >= 0.6 is 0 Å². The third kappa shape index (κ3) is 5.54. The lowest BCUT2D eigenvalue weighted by molar-refractivity contribution is -0.153. The highest BCUT2D eigenvalue weighted by atomic mass is 16.5. The maximum atomic E-state index is 11.1. The summed E-state index contributed by atoms with van der Waals surface area (Å²) in [7, 11) is 0. The molecule has 80 valence electrons. The number of aliphatic hydroxyl groups is 1. The molecule has 0 radical (unpaired) electrons. The lowest BCUT2D eigenvalue weighted by Crippen LogP contribution is -2.23. The summed E-state index contributed by atoms with van der Waals surface area (Å²) >= 11 is 0. The van der Waals surface area contributed by atoms with Gasteiger partial charge in [0.1, 0.15) is 0 Å². The first-order chi connectivity index (χ1) is 6.61. The lowest BCUT2D eigenvalue weighted by atomic mass is 10.1. The van der Waals surface area contributed by atoms with Gasteiger partial charge in [0.15, 0.2) is 6.10 Å². The maximum absolute atomic E-state index is 11.1. The number of esters is 1. The van der Waals surface area contributed by atoms with E-state index in [0.29, 0.717) is 12.2 Å². The number of carbonyl (C=O) groups excluding carboxylic acids is 1. The Hall–Kier alpha value is -1.09. The van der Waals surface area contributed by atoms with Crippen LogP contribution in [0, 0.1) is 0 Å². The van der Waals surface area contributed by atoms with E-state index in [-0.39, 0.29) is 6.42 Å². The van der Waals surface area contributed by atoms with Crippen LogP contribution in [0.4, 0.5) is 0 Å². The average Bonchev–Trinajstić information content (AvgIpc) is 2.17. The monoisotopic (exact) mass is 198 g/mol. The molecule has 0 fully saturated rings. The van der Waals surface area contributed by atoms with Gasteiger partial charge in [-0.25, -0.2) is 4.79 Å². The normalized spacial score (nSPS) is 11.9. The number of aliphatic hydroxyl groups excluding tert-OH is 1. The van der Waals surface area contributed by atoms with Crippen molar-refractivity contribution in [3.05, 3.63) is 24.8 Å². The van der Waals surface area contributed by atoms with E-state index in [1.807, 2.05) is 6.92 Å². The fourth-order valence-electron chi connectivity index (χ4n) is 0.828. The summed E-state index contributed by atoms with van der Waals surface area (Å²) < 4.78 is 4.83. The summed E-state index contributed by atoms with van der Waals surface area (Å²) in [5.41, 5.74) is 0.630. The Morgan fingerprint density at radius 1 is 1.64 bits per heavy atom. The molecule has 0 bridgehead atoms. The van der Waals surface area contributed by atoms with E-state index in [4.69, 9.17) is 4.74 Å². The van der Waals surface area contributed by atoms with E-state index in [0.717, 1.165) is 12.8 Å². The van der Waals surface area contributed by atoms with Crippen LogP contribution in [0.5, 0.6) is 0 Å². The Bertz CT molecular complexity index is 209. The van der Waals surface area contributed by atoms with Crippen molar-refractivity contribution in [1.29, 1.82) is 0 Å². The number of hydrogen-bond acceptors (Lipinski definition) is 3.